The van der Waals surface area contributed by atoms with Gasteiger partial charge in [0.15, 0.2) is 17.3 Å². The van der Waals surface area contributed by atoms with Gasteiger partial charge in [-0.2, -0.15) is 0 Å². The number of halogens is 2. The maximum atomic E-state index is 13.7. The van der Waals surface area contributed by atoms with E-state index in [1.807, 2.05) is 6.92 Å². The molecule has 1 atom stereocenters. The third-order valence-corrected chi connectivity index (χ3v) is 3.03. The van der Waals surface area contributed by atoms with Crippen LogP contribution >= 0.6 is 15.9 Å². The lowest BCUT2D eigenvalue weighted by Gasteiger charge is -2.18. The molecule has 0 aromatic heterocycles. The van der Waals surface area contributed by atoms with Crippen molar-refractivity contribution in [3.63, 3.8) is 0 Å². The summed E-state index contributed by atoms with van der Waals surface area (Å²) in [5, 5.41) is 0. The highest BCUT2D eigenvalue weighted by Crippen LogP contribution is 2.40. The van der Waals surface area contributed by atoms with Crippen LogP contribution in [-0.2, 0) is 0 Å². The van der Waals surface area contributed by atoms with Crippen LogP contribution in [0.4, 0.5) is 4.39 Å². The fraction of sp³-hybridized carbons (Fsp3) is 0.455. The van der Waals surface area contributed by atoms with Crippen molar-refractivity contribution in [1.82, 2.24) is 0 Å². The lowest BCUT2D eigenvalue weighted by atomic mass is 9.99. The largest absolute Gasteiger partial charge is 0.492 e. The molecule has 1 unspecified atom stereocenters. The van der Waals surface area contributed by atoms with E-state index in [0.29, 0.717) is 16.8 Å². The van der Waals surface area contributed by atoms with Crippen LogP contribution in [-0.4, -0.2) is 20.8 Å². The molecule has 2 N–H and O–H groups in total. The molecule has 0 aliphatic heterocycles. The molecule has 0 fully saturated rings. The second-order valence-corrected chi connectivity index (χ2v) is 4.32. The highest BCUT2D eigenvalue weighted by molar-refractivity contribution is 9.10. The van der Waals surface area contributed by atoms with E-state index in [-0.39, 0.29) is 11.7 Å². The molecule has 0 bridgehead atoms. The predicted molar refractivity (Wildman–Crippen MR) is 64.7 cm³/mol. The molecule has 3 nitrogen and oxygen atoms in total. The summed E-state index contributed by atoms with van der Waals surface area (Å²) in [6, 6.07) is 1.67. The summed E-state index contributed by atoms with van der Waals surface area (Å²) in [6.07, 6.45) is 0. The number of benzene rings is 1. The molecule has 0 saturated carbocycles. The maximum Gasteiger partial charge on any atom is 0.198 e. The van der Waals surface area contributed by atoms with Gasteiger partial charge in [-0.15, -0.1) is 0 Å². The standard InChI is InChI=1S/C11H15BrFNO2/c1-6(5-14)7-4-8(12)9(13)11(16-3)10(7)15-2/h4,6H,5,14H2,1-3H3. The predicted octanol–water partition coefficient (Wildman–Crippen LogP) is 2.67. The van der Waals surface area contributed by atoms with E-state index < -0.39 is 5.82 Å². The first-order valence-corrected chi connectivity index (χ1v) is 5.66. The minimum atomic E-state index is -0.465. The Labute approximate surface area is 103 Å². The Hall–Kier alpha value is -0.810. The number of hydrogen-bond donors (Lipinski definition) is 1. The first-order chi connectivity index (χ1) is 7.56. The monoisotopic (exact) mass is 291 g/mol. The van der Waals surface area contributed by atoms with Gasteiger partial charge >= 0.3 is 0 Å². The lowest BCUT2D eigenvalue weighted by molar-refractivity contribution is 0.332. The van der Waals surface area contributed by atoms with Gasteiger partial charge in [-0.3, -0.25) is 0 Å². The quantitative estimate of drug-likeness (QED) is 0.928. The number of rotatable bonds is 4. The van der Waals surface area contributed by atoms with Crippen LogP contribution in [0.1, 0.15) is 18.4 Å². The average Bonchev–Trinajstić information content (AvgIpc) is 2.30. The zero-order valence-electron chi connectivity index (χ0n) is 9.51. The first kappa shape index (κ1) is 13.3. The summed E-state index contributed by atoms with van der Waals surface area (Å²) in [5.41, 5.74) is 6.43. The molecular weight excluding hydrogens is 277 g/mol. The van der Waals surface area contributed by atoms with Gasteiger partial charge in [-0.05, 0) is 34.5 Å². The van der Waals surface area contributed by atoms with E-state index in [0.717, 1.165) is 5.56 Å². The van der Waals surface area contributed by atoms with Crippen molar-refractivity contribution in [3.8, 4) is 11.5 Å². The highest BCUT2D eigenvalue weighted by atomic mass is 79.9. The Kier molecular flexibility index (Phi) is 4.56. The van der Waals surface area contributed by atoms with E-state index in [1.165, 1.54) is 14.2 Å². The van der Waals surface area contributed by atoms with Crippen LogP contribution in [0.25, 0.3) is 0 Å². The van der Waals surface area contributed by atoms with E-state index in [4.69, 9.17) is 15.2 Å². The van der Waals surface area contributed by atoms with Crippen LogP contribution in [0.15, 0.2) is 10.5 Å². The van der Waals surface area contributed by atoms with Gasteiger partial charge in [0.05, 0.1) is 18.7 Å². The van der Waals surface area contributed by atoms with E-state index in [2.05, 4.69) is 15.9 Å². The lowest BCUT2D eigenvalue weighted by Crippen LogP contribution is -2.11. The van der Waals surface area contributed by atoms with Gasteiger partial charge < -0.3 is 15.2 Å². The number of ether oxygens (including phenoxy) is 2. The molecule has 1 aromatic carbocycles. The number of hydrogen-bond acceptors (Lipinski definition) is 3. The molecule has 5 heteroatoms. The molecule has 90 valence electrons. The molecule has 0 aliphatic carbocycles. The molecule has 0 heterocycles. The smallest absolute Gasteiger partial charge is 0.198 e. The van der Waals surface area contributed by atoms with Crippen LogP contribution in [0.2, 0.25) is 0 Å². The Morgan fingerprint density at radius 3 is 2.38 bits per heavy atom. The van der Waals surface area contributed by atoms with E-state index in [9.17, 15) is 4.39 Å². The highest BCUT2D eigenvalue weighted by Gasteiger charge is 2.21. The molecule has 0 saturated heterocycles. The third-order valence-electron chi connectivity index (χ3n) is 2.45. The molecule has 0 aliphatic rings. The normalized spacial score (nSPS) is 12.4. The van der Waals surface area contributed by atoms with Crippen molar-refractivity contribution in [2.45, 2.75) is 12.8 Å². The zero-order chi connectivity index (χ0) is 12.3. The Balaban J connectivity index is 3.43. The van der Waals surface area contributed by atoms with Crippen molar-refractivity contribution in [2.75, 3.05) is 20.8 Å². The Morgan fingerprint density at radius 2 is 1.94 bits per heavy atom. The Morgan fingerprint density at radius 1 is 1.38 bits per heavy atom. The summed E-state index contributed by atoms with van der Waals surface area (Å²) in [6.45, 7) is 2.40. The summed E-state index contributed by atoms with van der Waals surface area (Å²) in [5.74, 6) is 0.112. The third kappa shape index (κ3) is 2.30. The van der Waals surface area contributed by atoms with Gasteiger partial charge in [0, 0.05) is 5.56 Å². The second kappa shape index (κ2) is 5.50. The van der Waals surface area contributed by atoms with Crippen molar-refractivity contribution >= 4 is 15.9 Å². The number of nitrogens with two attached hydrogens (primary N) is 1. The topological polar surface area (TPSA) is 44.5 Å². The maximum absolute atomic E-state index is 13.7. The van der Waals surface area contributed by atoms with E-state index >= 15 is 0 Å². The van der Waals surface area contributed by atoms with E-state index in [1.54, 1.807) is 6.07 Å². The van der Waals surface area contributed by atoms with Crippen LogP contribution in [0.3, 0.4) is 0 Å². The van der Waals surface area contributed by atoms with Crippen LogP contribution in [0.5, 0.6) is 11.5 Å². The minimum Gasteiger partial charge on any atom is -0.492 e. The Bertz CT molecular complexity index is 385. The van der Waals surface area contributed by atoms with Gasteiger partial charge in [-0.25, -0.2) is 4.39 Å². The molecule has 1 aromatic rings. The molecule has 0 spiro atoms. The van der Waals surface area contributed by atoms with Crippen molar-refractivity contribution in [1.29, 1.82) is 0 Å². The SMILES string of the molecule is COc1c(C(C)CN)cc(Br)c(F)c1OC. The van der Waals surface area contributed by atoms with Gasteiger partial charge in [0.25, 0.3) is 0 Å². The zero-order valence-corrected chi connectivity index (χ0v) is 11.1. The molecule has 16 heavy (non-hydrogen) atoms. The summed E-state index contributed by atoms with van der Waals surface area (Å²) in [4.78, 5) is 0. The van der Waals surface area contributed by atoms with Gasteiger partial charge in [0.2, 0.25) is 0 Å². The minimum absolute atomic E-state index is 0.0701. The van der Waals surface area contributed by atoms with Crippen molar-refractivity contribution in [3.05, 3.63) is 21.9 Å². The second-order valence-electron chi connectivity index (χ2n) is 3.46. The van der Waals surface area contributed by atoms with Crippen LogP contribution in [0, 0.1) is 5.82 Å². The van der Waals surface area contributed by atoms with Crippen molar-refractivity contribution in [2.24, 2.45) is 5.73 Å². The fourth-order valence-electron chi connectivity index (χ4n) is 1.49. The van der Waals surface area contributed by atoms with Crippen LogP contribution < -0.4 is 15.2 Å². The molecule has 1 rings (SSSR count). The summed E-state index contributed by atoms with van der Waals surface area (Å²) in [7, 11) is 2.89. The van der Waals surface area contributed by atoms with Crippen molar-refractivity contribution < 1.29 is 13.9 Å². The first-order valence-electron chi connectivity index (χ1n) is 4.86. The summed E-state index contributed by atoms with van der Waals surface area (Å²) < 4.78 is 24.3. The number of methoxy groups -OCH3 is 2. The average molecular weight is 292 g/mol. The van der Waals surface area contributed by atoms with Gasteiger partial charge in [0.1, 0.15) is 0 Å². The van der Waals surface area contributed by atoms with Gasteiger partial charge in [-0.1, -0.05) is 6.92 Å². The molecule has 0 amide bonds. The fourth-order valence-corrected chi connectivity index (χ4v) is 1.92. The molecule has 0 radical (unpaired) electrons. The molecular formula is C11H15BrFNO2. The summed E-state index contributed by atoms with van der Waals surface area (Å²) >= 11 is 3.15.